The van der Waals surface area contributed by atoms with Gasteiger partial charge in [-0.2, -0.15) is 5.26 Å². The first kappa shape index (κ1) is 20.2. The first-order valence-corrected chi connectivity index (χ1v) is 6.60. The van der Waals surface area contributed by atoms with Crippen LogP contribution in [0.2, 0.25) is 0 Å². The van der Waals surface area contributed by atoms with Crippen LogP contribution in [0.3, 0.4) is 0 Å². The van der Waals surface area contributed by atoms with Gasteiger partial charge in [-0.1, -0.05) is 38.8 Å². The lowest BCUT2D eigenvalue weighted by Gasteiger charge is -2.01. The molecule has 0 spiro atoms. The van der Waals surface area contributed by atoms with Gasteiger partial charge in [-0.3, -0.25) is 0 Å². The average molecular weight is 281 g/mol. The van der Waals surface area contributed by atoms with E-state index in [4.69, 9.17) is 15.1 Å². The van der Waals surface area contributed by atoms with Gasteiger partial charge in [0.05, 0.1) is 12.7 Å². The standard InChI is InChI=1S/C12H19NO2.C3H4O2/c1-2-12(14)15-11-9-7-5-3-4-6-8-10-13;1-2-3(4)5/h2H,1,3-9,11H2;2H,1H2,(H,4,5). The van der Waals surface area contributed by atoms with Gasteiger partial charge in [-0.25, -0.2) is 9.59 Å². The van der Waals surface area contributed by atoms with Crippen molar-refractivity contribution in [3.63, 3.8) is 0 Å². The second-order valence-corrected chi connectivity index (χ2v) is 3.94. The molecule has 112 valence electrons. The quantitative estimate of drug-likeness (QED) is 0.377. The van der Waals surface area contributed by atoms with Crippen molar-refractivity contribution in [2.45, 2.75) is 44.9 Å². The first-order valence-electron chi connectivity index (χ1n) is 6.60. The second-order valence-electron chi connectivity index (χ2n) is 3.94. The highest BCUT2D eigenvalue weighted by atomic mass is 16.5. The zero-order chi connectivity index (χ0) is 15.6. The Morgan fingerprint density at radius 3 is 2.00 bits per heavy atom. The summed E-state index contributed by atoms with van der Waals surface area (Å²) < 4.78 is 4.84. The van der Waals surface area contributed by atoms with E-state index in [9.17, 15) is 9.59 Å². The lowest BCUT2D eigenvalue weighted by atomic mass is 10.1. The fourth-order valence-electron chi connectivity index (χ4n) is 1.24. The van der Waals surface area contributed by atoms with Crippen LogP contribution in [0.5, 0.6) is 0 Å². The van der Waals surface area contributed by atoms with Gasteiger partial charge >= 0.3 is 11.9 Å². The molecular weight excluding hydrogens is 258 g/mol. The predicted molar refractivity (Wildman–Crippen MR) is 76.9 cm³/mol. The van der Waals surface area contributed by atoms with Crippen LogP contribution in [-0.4, -0.2) is 23.7 Å². The van der Waals surface area contributed by atoms with Gasteiger partial charge in [-0.15, -0.1) is 0 Å². The molecule has 0 bridgehead atoms. The minimum atomic E-state index is -0.981. The molecule has 0 saturated carbocycles. The number of aliphatic carboxylic acids is 1. The molecule has 0 unspecified atom stereocenters. The Morgan fingerprint density at radius 2 is 1.55 bits per heavy atom. The molecule has 5 heteroatoms. The molecule has 0 aliphatic carbocycles. The molecule has 1 N–H and O–H groups in total. The predicted octanol–water partition coefficient (Wildman–Crippen LogP) is 3.23. The average Bonchev–Trinajstić information content (AvgIpc) is 2.45. The van der Waals surface area contributed by atoms with E-state index in [1.54, 1.807) is 0 Å². The van der Waals surface area contributed by atoms with Crippen molar-refractivity contribution in [3.05, 3.63) is 25.3 Å². The number of ether oxygens (including phenoxy) is 1. The third-order valence-corrected chi connectivity index (χ3v) is 2.27. The third-order valence-electron chi connectivity index (χ3n) is 2.27. The van der Waals surface area contributed by atoms with Crippen LogP contribution >= 0.6 is 0 Å². The normalized spacial score (nSPS) is 8.55. The summed E-state index contributed by atoms with van der Waals surface area (Å²) in [7, 11) is 0. The molecule has 0 atom stereocenters. The smallest absolute Gasteiger partial charge is 0.330 e. The largest absolute Gasteiger partial charge is 0.478 e. The van der Waals surface area contributed by atoms with Crippen molar-refractivity contribution in [1.82, 2.24) is 0 Å². The monoisotopic (exact) mass is 281 g/mol. The van der Waals surface area contributed by atoms with Gasteiger partial charge < -0.3 is 9.84 Å². The number of carbonyl (C=O) groups excluding carboxylic acids is 1. The van der Waals surface area contributed by atoms with Crippen molar-refractivity contribution in [2.24, 2.45) is 0 Å². The number of esters is 1. The number of carboxylic acids is 1. The van der Waals surface area contributed by atoms with E-state index >= 15 is 0 Å². The molecule has 5 nitrogen and oxygen atoms in total. The molecule has 0 fully saturated rings. The van der Waals surface area contributed by atoms with E-state index in [-0.39, 0.29) is 5.97 Å². The highest BCUT2D eigenvalue weighted by Crippen LogP contribution is 2.06. The molecule has 0 saturated heterocycles. The Labute approximate surface area is 120 Å². The number of rotatable bonds is 10. The number of unbranched alkanes of at least 4 members (excludes halogenated alkanes) is 6. The van der Waals surface area contributed by atoms with Crippen LogP contribution in [0.15, 0.2) is 25.3 Å². The molecule has 0 aliphatic rings. The Hall–Kier alpha value is -2.09. The van der Waals surface area contributed by atoms with Crippen LogP contribution in [0.1, 0.15) is 44.9 Å². The molecule has 0 amide bonds. The summed E-state index contributed by atoms with van der Waals surface area (Å²) in [5.74, 6) is -1.32. The number of nitrogens with zero attached hydrogens (tertiary/aromatic N) is 1. The molecule has 0 heterocycles. The number of hydrogen-bond acceptors (Lipinski definition) is 4. The Balaban J connectivity index is 0. The maximum absolute atomic E-state index is 10.6. The molecule has 20 heavy (non-hydrogen) atoms. The first-order chi connectivity index (χ1) is 9.58. The molecule has 0 aromatic carbocycles. The summed E-state index contributed by atoms with van der Waals surface area (Å²) in [6, 6.07) is 2.13. The number of carboxylic acid groups (broad SMARTS) is 1. The number of nitriles is 1. The van der Waals surface area contributed by atoms with Crippen molar-refractivity contribution < 1.29 is 19.4 Å². The van der Waals surface area contributed by atoms with Crippen LogP contribution < -0.4 is 0 Å². The fraction of sp³-hybridized carbons (Fsp3) is 0.533. The maximum atomic E-state index is 10.6. The van der Waals surface area contributed by atoms with Crippen LogP contribution in [-0.2, 0) is 14.3 Å². The van der Waals surface area contributed by atoms with Gasteiger partial charge in [0.15, 0.2) is 0 Å². The fourth-order valence-corrected chi connectivity index (χ4v) is 1.24. The minimum absolute atomic E-state index is 0.343. The molecule has 0 aromatic heterocycles. The summed E-state index contributed by atoms with van der Waals surface area (Å²) in [6.45, 7) is 6.77. The van der Waals surface area contributed by atoms with E-state index in [0.29, 0.717) is 13.0 Å². The summed E-state index contributed by atoms with van der Waals surface area (Å²) in [6.07, 6.45) is 9.11. The second kappa shape index (κ2) is 16.9. The molecule has 0 radical (unpaired) electrons. The van der Waals surface area contributed by atoms with E-state index in [0.717, 1.165) is 44.6 Å². The molecule has 0 aliphatic heterocycles. The lowest BCUT2D eigenvalue weighted by Crippen LogP contribution is -2.01. The van der Waals surface area contributed by atoms with Crippen LogP contribution in [0.4, 0.5) is 0 Å². The van der Waals surface area contributed by atoms with E-state index in [2.05, 4.69) is 19.2 Å². The van der Waals surface area contributed by atoms with E-state index < -0.39 is 5.97 Å². The van der Waals surface area contributed by atoms with Crippen LogP contribution in [0, 0.1) is 11.3 Å². The Morgan fingerprint density at radius 1 is 1.05 bits per heavy atom. The van der Waals surface area contributed by atoms with Gasteiger partial charge in [0.25, 0.3) is 0 Å². The highest BCUT2D eigenvalue weighted by Gasteiger charge is 1.95. The van der Waals surface area contributed by atoms with Gasteiger partial charge in [0, 0.05) is 18.6 Å². The number of carbonyl (C=O) groups is 2. The summed E-state index contributed by atoms with van der Waals surface area (Å²) in [5.41, 5.74) is 0. The summed E-state index contributed by atoms with van der Waals surface area (Å²) in [5, 5.41) is 15.9. The van der Waals surface area contributed by atoms with Gasteiger partial charge in [-0.05, 0) is 12.8 Å². The molecule has 0 aromatic rings. The maximum Gasteiger partial charge on any atom is 0.330 e. The van der Waals surface area contributed by atoms with Crippen molar-refractivity contribution in [3.8, 4) is 6.07 Å². The molecule has 0 rings (SSSR count). The van der Waals surface area contributed by atoms with Crippen molar-refractivity contribution in [2.75, 3.05) is 6.61 Å². The number of hydrogen-bond donors (Lipinski definition) is 1. The van der Waals surface area contributed by atoms with Gasteiger partial charge in [0.2, 0.25) is 0 Å². The summed E-state index contributed by atoms with van der Waals surface area (Å²) >= 11 is 0. The SMILES string of the molecule is C=CC(=O)O.C=CC(=O)OCCCCCCCCC#N. The zero-order valence-corrected chi connectivity index (χ0v) is 11.8. The van der Waals surface area contributed by atoms with E-state index in [1.807, 2.05) is 0 Å². The van der Waals surface area contributed by atoms with Gasteiger partial charge in [0.1, 0.15) is 0 Å². The molecular formula is C15H23NO4. The minimum Gasteiger partial charge on any atom is -0.478 e. The van der Waals surface area contributed by atoms with Crippen molar-refractivity contribution in [1.29, 1.82) is 5.26 Å². The van der Waals surface area contributed by atoms with Crippen LogP contribution in [0.25, 0.3) is 0 Å². The summed E-state index contributed by atoms with van der Waals surface area (Å²) in [4.78, 5) is 19.9. The Kier molecular flexibility index (Phi) is 17.1. The van der Waals surface area contributed by atoms with E-state index in [1.165, 1.54) is 6.08 Å². The van der Waals surface area contributed by atoms with Crippen molar-refractivity contribution >= 4 is 11.9 Å². The topological polar surface area (TPSA) is 87.4 Å². The highest BCUT2D eigenvalue weighted by molar-refractivity contribution is 5.81. The lowest BCUT2D eigenvalue weighted by molar-refractivity contribution is -0.138. The Bertz CT molecular complexity index is 331. The third kappa shape index (κ3) is 21.2. The zero-order valence-electron chi connectivity index (χ0n) is 11.8.